The topological polar surface area (TPSA) is 150 Å². The molecule has 23 heavy (non-hydrogen) atoms. The minimum atomic E-state index is -1.01. The molecular formula is C14H15N5O4. The standard InChI is InChI=1S/C14H15N5O4/c15-10(7-20)13(22)17-9-3-1-8(2-4-9)12(21)18-11-5-6-16-14(23)19-11/h1-6,10,20H,7,15H2,(H,17,22)(H2,16,18,19,21,23). The van der Waals surface area contributed by atoms with Crippen molar-refractivity contribution in [2.75, 3.05) is 17.2 Å². The largest absolute Gasteiger partial charge is 0.394 e. The van der Waals surface area contributed by atoms with Crippen LogP contribution in [0.1, 0.15) is 10.4 Å². The Hall–Kier alpha value is -3.04. The van der Waals surface area contributed by atoms with Gasteiger partial charge in [0.15, 0.2) is 0 Å². The Morgan fingerprint density at radius 3 is 2.52 bits per heavy atom. The number of nitrogens with two attached hydrogens (primary N) is 1. The van der Waals surface area contributed by atoms with Crippen LogP contribution in [0.4, 0.5) is 11.5 Å². The number of carbonyl (C=O) groups is 2. The van der Waals surface area contributed by atoms with Gasteiger partial charge in [-0.1, -0.05) is 0 Å². The Bertz CT molecular complexity index is 756. The molecule has 1 aromatic heterocycles. The third kappa shape index (κ3) is 4.46. The number of hydrogen-bond acceptors (Lipinski definition) is 6. The van der Waals surface area contributed by atoms with Crippen molar-refractivity contribution in [2.45, 2.75) is 6.04 Å². The van der Waals surface area contributed by atoms with Crippen LogP contribution in [0, 0.1) is 0 Å². The number of amides is 2. The third-order valence-corrected chi connectivity index (χ3v) is 2.86. The van der Waals surface area contributed by atoms with Crippen LogP contribution in [0.5, 0.6) is 0 Å². The van der Waals surface area contributed by atoms with Crippen LogP contribution < -0.4 is 22.1 Å². The number of nitrogens with one attached hydrogen (secondary N) is 3. The van der Waals surface area contributed by atoms with Gasteiger partial charge in [0, 0.05) is 17.4 Å². The Labute approximate surface area is 130 Å². The van der Waals surface area contributed by atoms with E-state index in [2.05, 4.69) is 20.6 Å². The second kappa shape index (κ2) is 7.29. The summed E-state index contributed by atoms with van der Waals surface area (Å²) in [4.78, 5) is 40.5. The normalized spacial score (nSPS) is 11.6. The Morgan fingerprint density at radius 2 is 1.91 bits per heavy atom. The van der Waals surface area contributed by atoms with Crippen molar-refractivity contribution in [3.05, 3.63) is 52.6 Å². The molecule has 2 rings (SSSR count). The van der Waals surface area contributed by atoms with E-state index in [9.17, 15) is 14.4 Å². The predicted octanol–water partition coefficient (Wildman–Crippen LogP) is -0.720. The molecule has 6 N–H and O–H groups in total. The number of carbonyl (C=O) groups excluding carboxylic acids is 2. The van der Waals surface area contributed by atoms with E-state index in [1.165, 1.54) is 36.5 Å². The number of aliphatic hydroxyl groups excluding tert-OH is 1. The molecule has 9 nitrogen and oxygen atoms in total. The van der Waals surface area contributed by atoms with Crippen LogP contribution in [0.25, 0.3) is 0 Å². The molecule has 0 radical (unpaired) electrons. The molecule has 0 bridgehead atoms. The number of nitrogens with zero attached hydrogens (tertiary/aromatic N) is 1. The zero-order chi connectivity index (χ0) is 16.8. The number of anilines is 2. The van der Waals surface area contributed by atoms with Crippen molar-refractivity contribution in [1.82, 2.24) is 9.97 Å². The van der Waals surface area contributed by atoms with Crippen LogP contribution in [-0.4, -0.2) is 39.5 Å². The summed E-state index contributed by atoms with van der Waals surface area (Å²) in [6, 6.07) is 6.44. The first-order chi connectivity index (χ1) is 11.0. The molecule has 9 heteroatoms. The quantitative estimate of drug-likeness (QED) is 0.491. The Morgan fingerprint density at radius 1 is 1.22 bits per heavy atom. The van der Waals surface area contributed by atoms with E-state index in [0.717, 1.165) is 0 Å². The maximum atomic E-state index is 12.0. The van der Waals surface area contributed by atoms with Gasteiger partial charge < -0.3 is 26.5 Å². The highest BCUT2D eigenvalue weighted by Crippen LogP contribution is 2.11. The van der Waals surface area contributed by atoms with Gasteiger partial charge in [0.25, 0.3) is 5.91 Å². The fraction of sp³-hybridized carbons (Fsp3) is 0.143. The van der Waals surface area contributed by atoms with Gasteiger partial charge in [0.05, 0.1) is 6.61 Å². The summed E-state index contributed by atoms with van der Waals surface area (Å²) in [7, 11) is 0. The summed E-state index contributed by atoms with van der Waals surface area (Å²) in [6.07, 6.45) is 1.37. The van der Waals surface area contributed by atoms with Gasteiger partial charge in [0.1, 0.15) is 11.9 Å². The van der Waals surface area contributed by atoms with Gasteiger partial charge in [0.2, 0.25) is 5.91 Å². The summed E-state index contributed by atoms with van der Waals surface area (Å²) >= 11 is 0. The van der Waals surface area contributed by atoms with Gasteiger partial charge >= 0.3 is 5.69 Å². The van der Waals surface area contributed by atoms with Gasteiger partial charge in [-0.3, -0.25) is 9.59 Å². The fourth-order valence-electron chi connectivity index (χ4n) is 1.65. The average Bonchev–Trinajstić information content (AvgIpc) is 2.54. The number of rotatable bonds is 5. The van der Waals surface area contributed by atoms with Crippen LogP contribution in [0.3, 0.4) is 0 Å². The Kier molecular flexibility index (Phi) is 5.18. The van der Waals surface area contributed by atoms with Gasteiger partial charge in [-0.15, -0.1) is 0 Å². The number of aromatic amines is 1. The van der Waals surface area contributed by atoms with E-state index < -0.39 is 30.2 Å². The predicted molar refractivity (Wildman–Crippen MR) is 82.9 cm³/mol. The SMILES string of the molecule is NC(CO)C(=O)Nc1ccc(C(=O)Nc2cc[nH]c(=O)n2)cc1. The zero-order valence-electron chi connectivity index (χ0n) is 11.9. The maximum Gasteiger partial charge on any atom is 0.346 e. The molecule has 0 spiro atoms. The molecule has 1 atom stereocenters. The summed E-state index contributed by atoms with van der Waals surface area (Å²) < 4.78 is 0. The van der Waals surface area contributed by atoms with Crippen molar-refractivity contribution >= 4 is 23.3 Å². The van der Waals surface area contributed by atoms with Gasteiger partial charge in [-0.25, -0.2) is 4.79 Å². The van der Waals surface area contributed by atoms with Crippen molar-refractivity contribution in [1.29, 1.82) is 0 Å². The molecule has 2 amide bonds. The Balaban J connectivity index is 2.03. The second-order valence-corrected chi connectivity index (χ2v) is 4.59. The van der Waals surface area contributed by atoms with Crippen LogP contribution >= 0.6 is 0 Å². The minimum Gasteiger partial charge on any atom is -0.394 e. The molecule has 0 saturated carbocycles. The molecule has 1 unspecified atom stereocenters. The zero-order valence-corrected chi connectivity index (χ0v) is 11.9. The number of aliphatic hydroxyl groups is 1. The molecule has 0 saturated heterocycles. The second-order valence-electron chi connectivity index (χ2n) is 4.59. The summed E-state index contributed by atoms with van der Waals surface area (Å²) in [5, 5.41) is 13.8. The third-order valence-electron chi connectivity index (χ3n) is 2.86. The lowest BCUT2D eigenvalue weighted by molar-refractivity contribution is -0.118. The van der Waals surface area contributed by atoms with E-state index in [-0.39, 0.29) is 5.82 Å². The van der Waals surface area contributed by atoms with Crippen LogP contribution in [0.2, 0.25) is 0 Å². The minimum absolute atomic E-state index is 0.130. The van der Waals surface area contributed by atoms with Crippen molar-refractivity contribution in [3.63, 3.8) is 0 Å². The molecule has 0 aliphatic rings. The number of aromatic nitrogens is 2. The number of hydrogen-bond donors (Lipinski definition) is 5. The van der Waals surface area contributed by atoms with E-state index in [1.54, 1.807) is 0 Å². The van der Waals surface area contributed by atoms with E-state index in [4.69, 9.17) is 10.8 Å². The lowest BCUT2D eigenvalue weighted by Crippen LogP contribution is -2.38. The first-order valence-corrected chi connectivity index (χ1v) is 6.64. The maximum absolute atomic E-state index is 12.0. The summed E-state index contributed by atoms with van der Waals surface area (Å²) in [6.45, 7) is -0.463. The summed E-state index contributed by atoms with van der Waals surface area (Å²) in [5.41, 5.74) is 5.56. The smallest absolute Gasteiger partial charge is 0.346 e. The van der Waals surface area contributed by atoms with E-state index in [0.29, 0.717) is 11.3 Å². The highest BCUT2D eigenvalue weighted by atomic mass is 16.3. The molecule has 1 heterocycles. The monoisotopic (exact) mass is 317 g/mol. The number of H-pyrrole nitrogens is 1. The molecule has 0 fully saturated rings. The van der Waals surface area contributed by atoms with Crippen LogP contribution in [0.15, 0.2) is 41.3 Å². The highest BCUT2D eigenvalue weighted by Gasteiger charge is 2.12. The van der Waals surface area contributed by atoms with Crippen molar-refractivity contribution < 1.29 is 14.7 Å². The average molecular weight is 317 g/mol. The van der Waals surface area contributed by atoms with Crippen molar-refractivity contribution in [2.24, 2.45) is 5.73 Å². The summed E-state index contributed by atoms with van der Waals surface area (Å²) in [5.74, 6) is -0.851. The van der Waals surface area contributed by atoms with Gasteiger partial charge in [-0.05, 0) is 30.3 Å². The van der Waals surface area contributed by atoms with E-state index >= 15 is 0 Å². The van der Waals surface area contributed by atoms with Crippen LogP contribution in [-0.2, 0) is 4.79 Å². The molecular weight excluding hydrogens is 302 g/mol. The lowest BCUT2D eigenvalue weighted by atomic mass is 10.2. The molecule has 0 aliphatic carbocycles. The molecule has 120 valence electrons. The lowest BCUT2D eigenvalue weighted by Gasteiger charge is -2.10. The molecule has 2 aromatic rings. The number of benzene rings is 1. The first kappa shape index (κ1) is 16.3. The van der Waals surface area contributed by atoms with Gasteiger partial charge in [-0.2, -0.15) is 4.98 Å². The first-order valence-electron chi connectivity index (χ1n) is 6.64. The molecule has 1 aromatic carbocycles. The van der Waals surface area contributed by atoms with Crippen molar-refractivity contribution in [3.8, 4) is 0 Å². The fourth-order valence-corrected chi connectivity index (χ4v) is 1.65. The van der Waals surface area contributed by atoms with E-state index in [1.807, 2.05) is 0 Å². The highest BCUT2D eigenvalue weighted by molar-refractivity contribution is 6.04. The molecule has 0 aliphatic heterocycles.